The van der Waals surface area contributed by atoms with Crippen molar-refractivity contribution in [2.45, 2.75) is 11.5 Å². The fraction of sp³-hybridized carbons (Fsp3) is 0.158. The van der Waals surface area contributed by atoms with E-state index in [0.29, 0.717) is 10.6 Å². The van der Waals surface area contributed by atoms with Crippen LogP contribution >= 0.6 is 23.1 Å². The Balaban J connectivity index is 1.53. The molecule has 0 unspecified atom stereocenters. The van der Waals surface area contributed by atoms with Gasteiger partial charge in [-0.15, -0.1) is 23.1 Å². The number of nitrogens with zero attached hydrogens (tertiary/aromatic N) is 1. The molecule has 134 valence electrons. The van der Waals surface area contributed by atoms with Crippen molar-refractivity contribution in [3.05, 3.63) is 65.4 Å². The molecule has 0 fully saturated rings. The molecule has 0 aliphatic heterocycles. The van der Waals surface area contributed by atoms with Crippen molar-refractivity contribution in [1.82, 2.24) is 4.98 Å². The van der Waals surface area contributed by atoms with E-state index < -0.39 is 5.97 Å². The largest absolute Gasteiger partial charge is 0.497 e. The third kappa shape index (κ3) is 4.83. The van der Waals surface area contributed by atoms with E-state index in [1.54, 1.807) is 25.3 Å². The van der Waals surface area contributed by atoms with Gasteiger partial charge in [0.15, 0.2) is 0 Å². The van der Waals surface area contributed by atoms with Crippen LogP contribution in [-0.2, 0) is 16.1 Å². The minimum Gasteiger partial charge on any atom is -0.497 e. The lowest BCUT2D eigenvalue weighted by Crippen LogP contribution is -2.07. The summed E-state index contributed by atoms with van der Waals surface area (Å²) < 4.78 is 24.0. The maximum atomic E-state index is 13.5. The number of ether oxygens (including phenoxy) is 2. The van der Waals surface area contributed by atoms with Crippen LogP contribution < -0.4 is 4.74 Å². The molecular weight excluding hydrogens is 373 g/mol. The molecule has 0 radical (unpaired) electrons. The van der Waals surface area contributed by atoms with E-state index in [1.807, 2.05) is 29.6 Å². The minimum atomic E-state index is -0.408. The predicted octanol–water partition coefficient (Wildman–Crippen LogP) is 4.79. The number of thioether (sulfide) groups is 1. The number of halogens is 1. The Morgan fingerprint density at radius 1 is 1.23 bits per heavy atom. The average molecular weight is 389 g/mol. The summed E-state index contributed by atoms with van der Waals surface area (Å²) >= 11 is 2.59. The van der Waals surface area contributed by atoms with Gasteiger partial charge in [0.1, 0.15) is 23.2 Å². The lowest BCUT2D eigenvalue weighted by atomic mass is 10.2. The van der Waals surface area contributed by atoms with Crippen LogP contribution in [0, 0.1) is 5.82 Å². The van der Waals surface area contributed by atoms with Crippen LogP contribution in [0.3, 0.4) is 0 Å². The summed E-state index contributed by atoms with van der Waals surface area (Å²) in [4.78, 5) is 16.8. The van der Waals surface area contributed by atoms with E-state index in [-0.39, 0.29) is 18.2 Å². The molecule has 7 heteroatoms. The lowest BCUT2D eigenvalue weighted by Gasteiger charge is -2.04. The maximum Gasteiger partial charge on any atom is 0.316 e. The number of carbonyl (C=O) groups excluding carboxylic acids is 1. The molecule has 0 saturated carbocycles. The monoisotopic (exact) mass is 389 g/mol. The second kappa shape index (κ2) is 8.82. The van der Waals surface area contributed by atoms with Crippen molar-refractivity contribution in [1.29, 1.82) is 0 Å². The Hall–Kier alpha value is -2.38. The van der Waals surface area contributed by atoms with Gasteiger partial charge in [-0.1, -0.05) is 24.3 Å². The molecule has 26 heavy (non-hydrogen) atoms. The lowest BCUT2D eigenvalue weighted by molar-refractivity contribution is -0.141. The van der Waals surface area contributed by atoms with Gasteiger partial charge in [0.05, 0.1) is 18.6 Å². The molecule has 1 aromatic heterocycles. The van der Waals surface area contributed by atoms with Gasteiger partial charge in [0.25, 0.3) is 0 Å². The molecule has 0 N–H and O–H groups in total. The number of thiazole rings is 1. The van der Waals surface area contributed by atoms with Crippen molar-refractivity contribution >= 4 is 29.1 Å². The van der Waals surface area contributed by atoms with Crippen LogP contribution in [0.25, 0.3) is 10.6 Å². The van der Waals surface area contributed by atoms with Crippen molar-refractivity contribution < 1.29 is 18.7 Å². The minimum absolute atomic E-state index is 0.0494. The summed E-state index contributed by atoms with van der Waals surface area (Å²) in [5.74, 6) is 0.0612. The Kier molecular flexibility index (Phi) is 6.25. The van der Waals surface area contributed by atoms with Crippen molar-refractivity contribution in [2.75, 3.05) is 12.9 Å². The number of carbonyl (C=O) groups is 1. The standard InChI is InChI=1S/C19H16FNO3S2/c1-23-15-6-4-5-13(9-15)19-21-14(11-26-19)10-24-18(22)12-25-17-8-3-2-7-16(17)20/h2-9,11H,10,12H2,1H3. The van der Waals surface area contributed by atoms with Gasteiger partial charge >= 0.3 is 5.97 Å². The van der Waals surface area contributed by atoms with Crippen LogP contribution in [0.15, 0.2) is 58.8 Å². The third-order valence-electron chi connectivity index (χ3n) is 3.43. The van der Waals surface area contributed by atoms with Gasteiger partial charge in [-0.05, 0) is 24.3 Å². The number of rotatable bonds is 7. The van der Waals surface area contributed by atoms with Crippen LogP contribution in [0.1, 0.15) is 5.69 Å². The highest BCUT2D eigenvalue weighted by atomic mass is 32.2. The Morgan fingerprint density at radius 2 is 2.08 bits per heavy atom. The zero-order chi connectivity index (χ0) is 18.4. The molecule has 0 saturated heterocycles. The smallest absolute Gasteiger partial charge is 0.316 e. The fourth-order valence-electron chi connectivity index (χ4n) is 2.16. The number of esters is 1. The van der Waals surface area contributed by atoms with E-state index in [2.05, 4.69) is 4.98 Å². The zero-order valence-corrected chi connectivity index (χ0v) is 15.6. The van der Waals surface area contributed by atoms with E-state index in [1.165, 1.54) is 17.4 Å². The number of hydrogen-bond acceptors (Lipinski definition) is 6. The van der Waals surface area contributed by atoms with Crippen LogP contribution in [0.4, 0.5) is 4.39 Å². The second-order valence-corrected chi connectivity index (χ2v) is 7.13. The Morgan fingerprint density at radius 3 is 2.88 bits per heavy atom. The first-order valence-corrected chi connectivity index (χ1v) is 9.64. The van der Waals surface area contributed by atoms with Gasteiger partial charge < -0.3 is 9.47 Å². The first kappa shape index (κ1) is 18.4. The number of benzene rings is 2. The SMILES string of the molecule is COc1cccc(-c2nc(COC(=O)CSc3ccccc3F)cs2)c1. The molecule has 0 spiro atoms. The summed E-state index contributed by atoms with van der Waals surface area (Å²) in [6, 6.07) is 14.0. The first-order chi connectivity index (χ1) is 12.7. The van der Waals surface area contributed by atoms with Crippen LogP contribution in [0.5, 0.6) is 5.75 Å². The molecular formula is C19H16FNO3S2. The third-order valence-corrected chi connectivity index (χ3v) is 5.39. The van der Waals surface area contributed by atoms with E-state index >= 15 is 0 Å². The van der Waals surface area contributed by atoms with Gasteiger partial charge in [-0.3, -0.25) is 4.79 Å². The van der Waals surface area contributed by atoms with Crippen molar-refractivity contribution in [2.24, 2.45) is 0 Å². The molecule has 0 bridgehead atoms. The summed E-state index contributed by atoms with van der Waals surface area (Å²) in [5, 5.41) is 2.68. The van der Waals surface area contributed by atoms with E-state index in [0.717, 1.165) is 28.1 Å². The average Bonchev–Trinajstić information content (AvgIpc) is 3.15. The van der Waals surface area contributed by atoms with Gasteiger partial charge in [0.2, 0.25) is 0 Å². The Bertz CT molecular complexity index is 898. The molecule has 0 aliphatic carbocycles. The maximum absolute atomic E-state index is 13.5. The molecule has 0 amide bonds. The van der Waals surface area contributed by atoms with Crippen LogP contribution in [0.2, 0.25) is 0 Å². The highest BCUT2D eigenvalue weighted by Crippen LogP contribution is 2.27. The second-order valence-electron chi connectivity index (χ2n) is 5.26. The number of hydrogen-bond donors (Lipinski definition) is 0. The highest BCUT2D eigenvalue weighted by Gasteiger charge is 2.10. The fourth-order valence-corrected chi connectivity index (χ4v) is 3.70. The molecule has 0 aliphatic rings. The first-order valence-electron chi connectivity index (χ1n) is 7.77. The van der Waals surface area contributed by atoms with E-state index in [4.69, 9.17) is 9.47 Å². The van der Waals surface area contributed by atoms with E-state index in [9.17, 15) is 9.18 Å². The molecule has 2 aromatic carbocycles. The molecule has 3 aromatic rings. The number of methoxy groups -OCH3 is 1. The van der Waals surface area contributed by atoms with Gasteiger partial charge in [-0.2, -0.15) is 0 Å². The topological polar surface area (TPSA) is 48.4 Å². The molecule has 0 atom stereocenters. The Labute approximate surface area is 159 Å². The van der Waals surface area contributed by atoms with Crippen molar-refractivity contribution in [3.63, 3.8) is 0 Å². The van der Waals surface area contributed by atoms with Gasteiger partial charge in [0, 0.05) is 15.8 Å². The summed E-state index contributed by atoms with van der Waals surface area (Å²) in [6.07, 6.45) is 0. The quantitative estimate of drug-likeness (QED) is 0.429. The summed E-state index contributed by atoms with van der Waals surface area (Å²) in [6.45, 7) is 0.0944. The molecule has 4 nitrogen and oxygen atoms in total. The summed E-state index contributed by atoms with van der Waals surface area (Å²) in [7, 11) is 1.62. The predicted molar refractivity (Wildman–Crippen MR) is 101 cm³/mol. The van der Waals surface area contributed by atoms with Crippen LogP contribution in [-0.4, -0.2) is 23.8 Å². The number of aromatic nitrogens is 1. The zero-order valence-electron chi connectivity index (χ0n) is 14.0. The molecule has 3 rings (SSSR count). The molecule has 1 heterocycles. The van der Waals surface area contributed by atoms with Gasteiger partial charge in [-0.25, -0.2) is 9.37 Å². The van der Waals surface area contributed by atoms with Crippen molar-refractivity contribution in [3.8, 4) is 16.3 Å². The summed E-state index contributed by atoms with van der Waals surface area (Å²) in [5.41, 5.74) is 1.62. The highest BCUT2D eigenvalue weighted by molar-refractivity contribution is 8.00. The normalized spacial score (nSPS) is 10.5.